The number of nitrogens with one attached hydrogen (secondary N) is 1. The molecule has 3 aromatic rings. The summed E-state index contributed by atoms with van der Waals surface area (Å²) >= 11 is 3.47. The van der Waals surface area contributed by atoms with Gasteiger partial charge in [-0.25, -0.2) is 0 Å². The van der Waals surface area contributed by atoms with E-state index in [4.69, 9.17) is 9.47 Å². The fraction of sp³-hybridized carbons (Fsp3) is 0.120. The molecule has 0 aliphatic carbocycles. The summed E-state index contributed by atoms with van der Waals surface area (Å²) in [5.41, 5.74) is 2.18. The fourth-order valence-corrected chi connectivity index (χ4v) is 3.67. The zero-order chi connectivity index (χ0) is 24.7. The van der Waals surface area contributed by atoms with Crippen LogP contribution in [0.4, 0.5) is 11.4 Å². The molecule has 9 heteroatoms. The first-order valence-corrected chi connectivity index (χ1v) is 10.8. The predicted octanol–water partition coefficient (Wildman–Crippen LogP) is 5.80. The number of nitrogens with zero attached hydrogens (tertiary/aromatic N) is 2. The molecule has 3 rings (SSSR count). The molecule has 0 bridgehead atoms. The lowest BCUT2D eigenvalue weighted by Crippen LogP contribution is -2.14. The molecule has 3 aromatic carbocycles. The van der Waals surface area contributed by atoms with Gasteiger partial charge in [-0.15, -0.1) is 0 Å². The van der Waals surface area contributed by atoms with Gasteiger partial charge in [0.15, 0.2) is 11.5 Å². The van der Waals surface area contributed by atoms with Gasteiger partial charge < -0.3 is 14.8 Å². The lowest BCUT2D eigenvalue weighted by molar-refractivity contribution is -0.384. The van der Waals surface area contributed by atoms with Crippen molar-refractivity contribution in [2.24, 2.45) is 0 Å². The zero-order valence-electron chi connectivity index (χ0n) is 18.4. The molecule has 1 amide bonds. The van der Waals surface area contributed by atoms with Gasteiger partial charge in [-0.1, -0.05) is 30.3 Å². The molecule has 0 saturated carbocycles. The molecular formula is C25H20BrN3O5. The van der Waals surface area contributed by atoms with Gasteiger partial charge in [0, 0.05) is 17.8 Å². The summed E-state index contributed by atoms with van der Waals surface area (Å²) in [6, 6.07) is 19.0. The van der Waals surface area contributed by atoms with Gasteiger partial charge in [0.25, 0.3) is 11.6 Å². The molecule has 0 aromatic heterocycles. The Hall–Kier alpha value is -4.16. The van der Waals surface area contributed by atoms with Crippen molar-refractivity contribution in [3.8, 4) is 17.6 Å². The summed E-state index contributed by atoms with van der Waals surface area (Å²) in [6.45, 7) is 1.97. The Labute approximate surface area is 204 Å². The van der Waals surface area contributed by atoms with E-state index in [1.807, 2.05) is 36.4 Å². The third kappa shape index (κ3) is 5.99. The molecule has 1 N–H and O–H groups in total. The number of methoxy groups -OCH3 is 1. The molecule has 0 spiro atoms. The minimum Gasteiger partial charge on any atom is -0.493 e. The standard InChI is InChI=1S/C25H20BrN3O5/c1-16-10-20(29(31)32)8-9-22(16)28-25(30)19(14-27)11-18-12-21(26)24(23(13-18)33-2)34-15-17-6-4-3-5-7-17/h3-13H,15H2,1-2H3,(H,28,30). The van der Waals surface area contributed by atoms with Crippen LogP contribution in [-0.4, -0.2) is 17.9 Å². The van der Waals surface area contributed by atoms with Crippen LogP contribution in [0, 0.1) is 28.4 Å². The van der Waals surface area contributed by atoms with Crippen molar-refractivity contribution in [1.82, 2.24) is 0 Å². The van der Waals surface area contributed by atoms with Crippen LogP contribution in [0.5, 0.6) is 11.5 Å². The van der Waals surface area contributed by atoms with Crippen LogP contribution < -0.4 is 14.8 Å². The van der Waals surface area contributed by atoms with E-state index in [1.54, 1.807) is 19.1 Å². The number of aryl methyl sites for hydroxylation is 1. The lowest BCUT2D eigenvalue weighted by Gasteiger charge is -2.14. The van der Waals surface area contributed by atoms with Crippen LogP contribution in [0.15, 0.2) is 70.7 Å². The Morgan fingerprint density at radius 3 is 2.56 bits per heavy atom. The highest BCUT2D eigenvalue weighted by atomic mass is 79.9. The zero-order valence-corrected chi connectivity index (χ0v) is 20.0. The van der Waals surface area contributed by atoms with Crippen molar-refractivity contribution in [1.29, 1.82) is 5.26 Å². The molecule has 34 heavy (non-hydrogen) atoms. The van der Waals surface area contributed by atoms with Gasteiger partial charge in [0.1, 0.15) is 18.2 Å². The van der Waals surface area contributed by atoms with Crippen molar-refractivity contribution in [3.05, 3.63) is 97.5 Å². The van der Waals surface area contributed by atoms with Gasteiger partial charge in [-0.3, -0.25) is 14.9 Å². The molecule has 0 fully saturated rings. The number of amides is 1. The number of ether oxygens (including phenoxy) is 2. The molecule has 0 heterocycles. The Bertz CT molecular complexity index is 1300. The highest BCUT2D eigenvalue weighted by Gasteiger charge is 2.16. The number of non-ortho nitro benzene ring substituents is 1. The molecule has 0 atom stereocenters. The number of rotatable bonds is 8. The van der Waals surface area contributed by atoms with E-state index in [2.05, 4.69) is 21.2 Å². The molecular weight excluding hydrogens is 502 g/mol. The second-order valence-electron chi connectivity index (χ2n) is 7.19. The van der Waals surface area contributed by atoms with Crippen molar-refractivity contribution in [2.45, 2.75) is 13.5 Å². The van der Waals surface area contributed by atoms with Crippen molar-refractivity contribution >= 4 is 39.3 Å². The second kappa shape index (κ2) is 11.1. The third-order valence-corrected chi connectivity index (χ3v) is 5.41. The van der Waals surface area contributed by atoms with E-state index in [1.165, 1.54) is 31.4 Å². The number of nitriles is 1. The second-order valence-corrected chi connectivity index (χ2v) is 8.04. The number of carbonyl (C=O) groups excluding carboxylic acids is 1. The minimum absolute atomic E-state index is 0.0851. The average molecular weight is 522 g/mol. The van der Waals surface area contributed by atoms with Gasteiger partial charge in [-0.2, -0.15) is 5.26 Å². The van der Waals surface area contributed by atoms with E-state index in [9.17, 15) is 20.2 Å². The number of benzene rings is 3. The maximum absolute atomic E-state index is 12.7. The van der Waals surface area contributed by atoms with Gasteiger partial charge in [0.2, 0.25) is 0 Å². The maximum atomic E-state index is 12.7. The van der Waals surface area contributed by atoms with Crippen LogP contribution in [-0.2, 0) is 11.4 Å². The van der Waals surface area contributed by atoms with Crippen LogP contribution in [0.1, 0.15) is 16.7 Å². The number of hydrogen-bond acceptors (Lipinski definition) is 6. The highest BCUT2D eigenvalue weighted by molar-refractivity contribution is 9.10. The summed E-state index contributed by atoms with van der Waals surface area (Å²) in [7, 11) is 1.50. The first-order valence-electron chi connectivity index (χ1n) is 10.0. The topological polar surface area (TPSA) is 114 Å². The number of carbonyl (C=O) groups is 1. The van der Waals surface area contributed by atoms with Gasteiger partial charge in [-0.05, 0) is 63.8 Å². The first-order chi connectivity index (χ1) is 16.3. The highest BCUT2D eigenvalue weighted by Crippen LogP contribution is 2.38. The molecule has 0 unspecified atom stereocenters. The van der Waals surface area contributed by atoms with Gasteiger partial charge in [0.05, 0.1) is 16.5 Å². The quantitative estimate of drug-likeness (QED) is 0.173. The Kier molecular flexibility index (Phi) is 8.01. The van der Waals surface area contributed by atoms with Crippen LogP contribution >= 0.6 is 15.9 Å². The van der Waals surface area contributed by atoms with E-state index in [0.717, 1.165) is 5.56 Å². The molecule has 8 nitrogen and oxygen atoms in total. The van der Waals surface area contributed by atoms with E-state index in [-0.39, 0.29) is 11.3 Å². The number of nitro groups is 1. The monoisotopic (exact) mass is 521 g/mol. The maximum Gasteiger partial charge on any atom is 0.269 e. The van der Waals surface area contributed by atoms with Crippen LogP contribution in [0.25, 0.3) is 6.08 Å². The summed E-state index contributed by atoms with van der Waals surface area (Å²) in [4.78, 5) is 23.1. The SMILES string of the molecule is COc1cc(C=C(C#N)C(=O)Nc2ccc([N+](=O)[O-])cc2C)cc(Br)c1OCc1ccccc1. The number of anilines is 1. The van der Waals surface area contributed by atoms with E-state index < -0.39 is 10.8 Å². The fourth-order valence-electron chi connectivity index (χ4n) is 3.10. The van der Waals surface area contributed by atoms with Crippen molar-refractivity contribution in [3.63, 3.8) is 0 Å². The van der Waals surface area contributed by atoms with Crippen molar-refractivity contribution < 1.29 is 19.2 Å². The van der Waals surface area contributed by atoms with Crippen molar-refractivity contribution in [2.75, 3.05) is 12.4 Å². The molecule has 172 valence electrons. The normalized spacial score (nSPS) is 10.8. The largest absolute Gasteiger partial charge is 0.493 e. The summed E-state index contributed by atoms with van der Waals surface area (Å²) in [5.74, 6) is 0.285. The number of nitro benzene ring substituents is 1. The molecule has 0 aliphatic heterocycles. The smallest absolute Gasteiger partial charge is 0.269 e. The molecule has 0 radical (unpaired) electrons. The lowest BCUT2D eigenvalue weighted by atomic mass is 10.1. The first kappa shape index (κ1) is 24.5. The van der Waals surface area contributed by atoms with Crippen LogP contribution in [0.2, 0.25) is 0 Å². The molecule has 0 aliphatic rings. The summed E-state index contributed by atoms with van der Waals surface area (Å²) in [5, 5.41) is 23.1. The van der Waals surface area contributed by atoms with E-state index >= 15 is 0 Å². The number of halogens is 1. The average Bonchev–Trinajstić information content (AvgIpc) is 2.83. The Morgan fingerprint density at radius 2 is 1.94 bits per heavy atom. The Morgan fingerprint density at radius 1 is 1.21 bits per heavy atom. The summed E-state index contributed by atoms with van der Waals surface area (Å²) < 4.78 is 12.0. The minimum atomic E-state index is -0.640. The summed E-state index contributed by atoms with van der Waals surface area (Å²) in [6.07, 6.45) is 1.42. The number of hydrogen-bond donors (Lipinski definition) is 1. The van der Waals surface area contributed by atoms with E-state index in [0.29, 0.717) is 39.4 Å². The van der Waals surface area contributed by atoms with Gasteiger partial charge >= 0.3 is 0 Å². The van der Waals surface area contributed by atoms with Crippen LogP contribution in [0.3, 0.4) is 0 Å². The third-order valence-electron chi connectivity index (χ3n) is 4.82. The molecule has 0 saturated heterocycles. The predicted molar refractivity (Wildman–Crippen MR) is 132 cm³/mol. The Balaban J connectivity index is 1.82.